The molecule has 1 aromatic rings. The van der Waals surface area contributed by atoms with E-state index >= 15 is 0 Å². The number of carboxylic acid groups (broad SMARTS) is 1. The highest BCUT2D eigenvalue weighted by Gasteiger charge is 2.27. The van der Waals surface area contributed by atoms with Gasteiger partial charge in [0.1, 0.15) is 11.3 Å². The van der Waals surface area contributed by atoms with Crippen LogP contribution in [0.2, 0.25) is 0 Å². The molecule has 0 saturated carbocycles. The van der Waals surface area contributed by atoms with Crippen molar-refractivity contribution in [3.63, 3.8) is 0 Å². The lowest BCUT2D eigenvalue weighted by atomic mass is 10.2. The lowest BCUT2D eigenvalue weighted by molar-refractivity contribution is 0.0694. The van der Waals surface area contributed by atoms with Gasteiger partial charge in [0, 0.05) is 5.56 Å². The van der Waals surface area contributed by atoms with E-state index in [1.165, 1.54) is 13.8 Å². The van der Waals surface area contributed by atoms with Crippen LogP contribution in [0.3, 0.4) is 0 Å². The minimum atomic E-state index is -5.00. The Morgan fingerprint density at radius 2 is 1.93 bits per heavy atom. The van der Waals surface area contributed by atoms with Crippen LogP contribution in [-0.2, 0) is 10.2 Å². The van der Waals surface area contributed by atoms with Crippen molar-refractivity contribution in [3.8, 4) is 0 Å². The average molecular weight is 222 g/mol. The van der Waals surface area contributed by atoms with Crippen LogP contribution >= 0.6 is 0 Å². The minimum Gasteiger partial charge on any atom is -0.478 e. The van der Waals surface area contributed by atoms with Crippen molar-refractivity contribution in [1.82, 2.24) is 0 Å². The first-order valence-corrected chi connectivity index (χ1v) is 4.91. The molecule has 1 aromatic heterocycles. The zero-order valence-corrected chi connectivity index (χ0v) is 8.18. The third-order valence-electron chi connectivity index (χ3n) is 1.71. The van der Waals surface area contributed by atoms with Gasteiger partial charge in [-0.25, -0.2) is 4.79 Å². The van der Waals surface area contributed by atoms with Crippen molar-refractivity contribution in [2.75, 3.05) is 0 Å². The molecule has 0 amide bonds. The summed E-state index contributed by atoms with van der Waals surface area (Å²) in [7, 11) is -5.00. The molecule has 0 fully saturated rings. The van der Waals surface area contributed by atoms with Crippen molar-refractivity contribution in [2.45, 2.75) is 18.9 Å². The molecule has 0 aliphatic heterocycles. The van der Waals surface area contributed by atoms with E-state index < -0.39 is 21.3 Å². The fraction of sp³-hybridized carbons (Fsp3) is 0.286. The molecule has 0 radical (unpaired) electrons. The van der Waals surface area contributed by atoms with Crippen LogP contribution in [0.5, 0.6) is 0 Å². The summed E-state index contributed by atoms with van der Waals surface area (Å²) in [4.78, 5) is 10.6. The monoisotopic (exact) mass is 222 g/mol. The number of hydrogen-bond donors (Lipinski definition) is 1. The topological polar surface area (TPSA) is 84.6 Å². The molecular weight excluding hydrogens is 215 g/mol. The predicted octanol–water partition coefficient (Wildman–Crippen LogP) is 1.25. The molecule has 0 spiro atoms. The Morgan fingerprint density at radius 1 is 1.43 bits per heavy atom. The van der Waals surface area contributed by atoms with E-state index in [2.05, 4.69) is 4.42 Å². The Labute approximate surface area is 79.4 Å². The standard InChI is InChI=1S/C7H7FO5S/c1-3-5(6(9)10)4(2)13-7(3)14(8,11)12/h1-2H3,(H,9,10). The molecule has 0 atom stereocenters. The molecule has 0 unspecified atom stereocenters. The molecule has 14 heavy (non-hydrogen) atoms. The second-order valence-electron chi connectivity index (χ2n) is 2.69. The summed E-state index contributed by atoms with van der Waals surface area (Å²) >= 11 is 0. The molecule has 0 aromatic carbocycles. The van der Waals surface area contributed by atoms with Crippen LogP contribution in [0.25, 0.3) is 0 Å². The first-order chi connectivity index (χ1) is 6.25. The van der Waals surface area contributed by atoms with Gasteiger partial charge in [-0.2, -0.15) is 8.42 Å². The van der Waals surface area contributed by atoms with E-state index in [-0.39, 0.29) is 16.9 Å². The first kappa shape index (κ1) is 10.7. The van der Waals surface area contributed by atoms with Gasteiger partial charge in [0.2, 0.25) is 0 Å². The summed E-state index contributed by atoms with van der Waals surface area (Å²) in [5, 5.41) is 7.71. The maximum absolute atomic E-state index is 12.5. The second-order valence-corrected chi connectivity index (χ2v) is 3.94. The zero-order chi connectivity index (χ0) is 11.1. The highest BCUT2D eigenvalue weighted by atomic mass is 32.3. The van der Waals surface area contributed by atoms with Crippen LogP contribution in [-0.4, -0.2) is 19.5 Å². The smallest absolute Gasteiger partial charge is 0.366 e. The molecule has 5 nitrogen and oxygen atoms in total. The Morgan fingerprint density at radius 3 is 2.14 bits per heavy atom. The number of aromatic carboxylic acids is 1. The number of carbonyl (C=O) groups is 1. The highest BCUT2D eigenvalue weighted by molar-refractivity contribution is 7.86. The number of hydrogen-bond acceptors (Lipinski definition) is 4. The Bertz CT molecular complexity index is 484. The molecule has 0 aliphatic rings. The molecule has 1 heterocycles. The van der Waals surface area contributed by atoms with Gasteiger partial charge in [-0.3, -0.25) is 0 Å². The van der Waals surface area contributed by atoms with Gasteiger partial charge in [-0.15, -0.1) is 0 Å². The zero-order valence-electron chi connectivity index (χ0n) is 7.37. The van der Waals surface area contributed by atoms with Gasteiger partial charge >= 0.3 is 16.2 Å². The average Bonchev–Trinajstić information content (AvgIpc) is 2.24. The molecule has 0 bridgehead atoms. The molecule has 7 heteroatoms. The molecule has 0 saturated heterocycles. The third kappa shape index (κ3) is 1.63. The van der Waals surface area contributed by atoms with Crippen molar-refractivity contribution in [1.29, 1.82) is 0 Å². The van der Waals surface area contributed by atoms with E-state index in [1.807, 2.05) is 0 Å². The molecule has 78 valence electrons. The van der Waals surface area contributed by atoms with Crippen LogP contribution in [0.15, 0.2) is 9.51 Å². The van der Waals surface area contributed by atoms with E-state index in [4.69, 9.17) is 5.11 Å². The Balaban J connectivity index is 3.55. The molecule has 0 aliphatic carbocycles. The predicted molar refractivity (Wildman–Crippen MR) is 43.4 cm³/mol. The minimum absolute atomic E-state index is 0.133. The Kier molecular flexibility index (Phi) is 2.36. The quantitative estimate of drug-likeness (QED) is 0.761. The largest absolute Gasteiger partial charge is 0.478 e. The summed E-state index contributed by atoms with van der Waals surface area (Å²) in [5.41, 5.74) is -0.543. The highest BCUT2D eigenvalue weighted by Crippen LogP contribution is 2.26. The van der Waals surface area contributed by atoms with E-state index in [0.29, 0.717) is 0 Å². The second kappa shape index (κ2) is 3.09. The van der Waals surface area contributed by atoms with Gasteiger partial charge < -0.3 is 9.52 Å². The van der Waals surface area contributed by atoms with E-state index in [9.17, 15) is 17.1 Å². The van der Waals surface area contributed by atoms with E-state index in [1.54, 1.807) is 0 Å². The number of furan rings is 1. The molecular formula is C7H7FO5S. The van der Waals surface area contributed by atoms with Crippen LogP contribution < -0.4 is 0 Å². The van der Waals surface area contributed by atoms with E-state index in [0.717, 1.165) is 0 Å². The maximum Gasteiger partial charge on any atom is 0.366 e. The van der Waals surface area contributed by atoms with Crippen LogP contribution in [0.4, 0.5) is 3.89 Å². The lowest BCUT2D eigenvalue weighted by Crippen LogP contribution is -2.00. The number of carboxylic acids is 1. The van der Waals surface area contributed by atoms with Crippen molar-refractivity contribution in [2.24, 2.45) is 0 Å². The summed E-state index contributed by atoms with van der Waals surface area (Å²) in [6.45, 7) is 2.43. The van der Waals surface area contributed by atoms with Gasteiger partial charge in [0.25, 0.3) is 5.09 Å². The summed E-state index contributed by atoms with van der Waals surface area (Å²) < 4.78 is 38.0. The molecule has 1 rings (SSSR count). The van der Waals surface area contributed by atoms with Gasteiger partial charge in [-0.05, 0) is 13.8 Å². The summed E-state index contributed by atoms with van der Waals surface area (Å²) in [6, 6.07) is 0. The van der Waals surface area contributed by atoms with Crippen molar-refractivity contribution < 1.29 is 26.6 Å². The Hall–Kier alpha value is -1.37. The van der Waals surface area contributed by atoms with Gasteiger partial charge in [0.15, 0.2) is 0 Å². The third-order valence-corrected chi connectivity index (χ3v) is 2.55. The first-order valence-electron chi connectivity index (χ1n) is 3.53. The molecule has 1 N–H and O–H groups in total. The van der Waals surface area contributed by atoms with Gasteiger partial charge in [0.05, 0.1) is 0 Å². The maximum atomic E-state index is 12.5. The SMILES string of the molecule is Cc1oc(S(=O)(=O)F)c(C)c1C(=O)O. The van der Waals surface area contributed by atoms with Crippen LogP contribution in [0.1, 0.15) is 21.7 Å². The van der Waals surface area contributed by atoms with Crippen LogP contribution in [0, 0.1) is 13.8 Å². The lowest BCUT2D eigenvalue weighted by Gasteiger charge is -1.91. The normalized spacial score (nSPS) is 11.6. The fourth-order valence-corrected chi connectivity index (χ4v) is 1.87. The van der Waals surface area contributed by atoms with Gasteiger partial charge in [-0.1, -0.05) is 3.89 Å². The van der Waals surface area contributed by atoms with Crippen molar-refractivity contribution >= 4 is 16.2 Å². The summed E-state index contributed by atoms with van der Waals surface area (Å²) in [5.74, 6) is -1.48. The van der Waals surface area contributed by atoms with Crippen molar-refractivity contribution in [3.05, 3.63) is 16.9 Å². The number of halogens is 1. The number of aryl methyl sites for hydroxylation is 1. The summed E-state index contributed by atoms with van der Waals surface area (Å²) in [6.07, 6.45) is 0. The number of rotatable bonds is 2. The fourth-order valence-electron chi connectivity index (χ4n) is 1.18.